The van der Waals surface area contributed by atoms with Crippen molar-refractivity contribution >= 4 is 5.69 Å². The van der Waals surface area contributed by atoms with Crippen LogP contribution in [0.5, 0.6) is 11.5 Å². The summed E-state index contributed by atoms with van der Waals surface area (Å²) in [7, 11) is 3.14. The van der Waals surface area contributed by atoms with Crippen LogP contribution in [0.15, 0.2) is 78.9 Å². The van der Waals surface area contributed by atoms with Gasteiger partial charge in [-0.3, -0.25) is 9.68 Å². The van der Waals surface area contributed by atoms with Crippen molar-refractivity contribution in [2.24, 2.45) is 0 Å². The van der Waals surface area contributed by atoms with E-state index in [0.29, 0.717) is 0 Å². The second-order valence-corrected chi connectivity index (χ2v) is 5.85. The molecule has 0 atom stereocenters. The topological polar surface area (TPSA) is 30.9 Å². The lowest BCUT2D eigenvalue weighted by atomic mass is 10.0. The molecule has 0 aliphatic heterocycles. The van der Waals surface area contributed by atoms with Crippen LogP contribution in [-0.2, 0) is 22.5 Å². The lowest BCUT2D eigenvalue weighted by Gasteiger charge is -2.18. The van der Waals surface area contributed by atoms with E-state index >= 15 is 0 Å². The highest BCUT2D eigenvalue weighted by atomic mass is 16.9. The minimum Gasteiger partial charge on any atom is -0.457 e. The molecule has 0 bridgehead atoms. The summed E-state index contributed by atoms with van der Waals surface area (Å²) in [6, 6.07) is 26.2. The fourth-order valence-corrected chi connectivity index (χ4v) is 2.71. The van der Waals surface area contributed by atoms with Crippen molar-refractivity contribution < 1.29 is 14.4 Å². The quantitative estimate of drug-likeness (QED) is 0.524. The van der Waals surface area contributed by atoms with E-state index in [1.165, 1.54) is 16.4 Å². The van der Waals surface area contributed by atoms with Gasteiger partial charge in [0.2, 0.25) is 0 Å². The Morgan fingerprint density at radius 2 is 1.12 bits per heavy atom. The van der Waals surface area contributed by atoms with E-state index in [-0.39, 0.29) is 0 Å². The van der Waals surface area contributed by atoms with Crippen LogP contribution >= 0.6 is 0 Å². The van der Waals surface area contributed by atoms with Gasteiger partial charge in [-0.2, -0.15) is 0 Å². The van der Waals surface area contributed by atoms with E-state index in [4.69, 9.17) is 14.4 Å². The third kappa shape index (κ3) is 4.85. The number of anilines is 1. The first-order chi connectivity index (χ1) is 12.8. The van der Waals surface area contributed by atoms with Gasteiger partial charge in [-0.05, 0) is 60.4 Å². The van der Waals surface area contributed by atoms with Gasteiger partial charge in [-0.15, -0.1) is 5.23 Å². The molecule has 0 N–H and O–H groups in total. The number of benzene rings is 3. The van der Waals surface area contributed by atoms with Crippen molar-refractivity contribution in [1.29, 1.82) is 0 Å². The average Bonchev–Trinajstić information content (AvgIpc) is 2.70. The first-order valence-electron chi connectivity index (χ1n) is 8.57. The lowest BCUT2D eigenvalue weighted by Crippen LogP contribution is -2.19. The molecule has 3 aromatic carbocycles. The Balaban J connectivity index is 1.54. The van der Waals surface area contributed by atoms with Gasteiger partial charge in [0, 0.05) is 0 Å². The van der Waals surface area contributed by atoms with Crippen LogP contribution < -0.4 is 9.96 Å². The Hall–Kier alpha value is -2.82. The minimum atomic E-state index is 0.849. The third-order valence-electron chi connectivity index (χ3n) is 4.08. The number of hydrogen-bond acceptors (Lipinski definition) is 4. The predicted octanol–water partition coefficient (Wildman–Crippen LogP) is 5.19. The van der Waals surface area contributed by atoms with Gasteiger partial charge in [0.25, 0.3) is 0 Å². The van der Waals surface area contributed by atoms with Crippen LogP contribution in [-0.4, -0.2) is 14.2 Å². The van der Waals surface area contributed by atoms with Crippen molar-refractivity contribution in [3.8, 4) is 11.5 Å². The summed E-state index contributed by atoms with van der Waals surface area (Å²) in [5.74, 6) is 1.70. The maximum atomic E-state index is 5.82. The molecular weight excluding hydrogens is 326 g/mol. The van der Waals surface area contributed by atoms with E-state index in [1.807, 2.05) is 54.6 Å². The average molecular weight is 349 g/mol. The molecule has 0 aromatic heterocycles. The summed E-state index contributed by atoms with van der Waals surface area (Å²) in [6.45, 7) is 0. The largest absolute Gasteiger partial charge is 0.457 e. The number of hydrogen-bond donors (Lipinski definition) is 0. The van der Waals surface area contributed by atoms with Gasteiger partial charge >= 0.3 is 0 Å². The maximum Gasteiger partial charge on any atom is 0.127 e. The predicted molar refractivity (Wildman–Crippen MR) is 103 cm³/mol. The highest BCUT2D eigenvalue weighted by Gasteiger charge is 2.04. The molecule has 4 heteroatoms. The lowest BCUT2D eigenvalue weighted by molar-refractivity contribution is -0.0433. The van der Waals surface area contributed by atoms with Crippen LogP contribution in [0.2, 0.25) is 0 Å². The molecule has 26 heavy (non-hydrogen) atoms. The van der Waals surface area contributed by atoms with E-state index in [2.05, 4.69) is 24.3 Å². The summed E-state index contributed by atoms with van der Waals surface area (Å²) in [4.78, 5) is 10.2. The molecule has 0 heterocycles. The fraction of sp³-hybridized carbons (Fsp3) is 0.182. The highest BCUT2D eigenvalue weighted by molar-refractivity contribution is 5.43. The Bertz CT molecular complexity index is 782. The first kappa shape index (κ1) is 18.0. The summed E-state index contributed by atoms with van der Waals surface area (Å²) in [5, 5.41) is 1.37. The minimum absolute atomic E-state index is 0.849. The standard InChI is InChI=1S/C22H23NO3/c1-24-23(25-2)20-14-10-18(11-15-20)8-9-19-12-16-22(17-13-19)26-21-6-4-3-5-7-21/h3-7,10-17H,8-9H2,1-2H3. The zero-order valence-electron chi connectivity index (χ0n) is 15.1. The smallest absolute Gasteiger partial charge is 0.127 e. The molecule has 134 valence electrons. The Morgan fingerprint density at radius 3 is 1.65 bits per heavy atom. The summed E-state index contributed by atoms with van der Waals surface area (Å²) < 4.78 is 5.82. The Kier molecular flexibility index (Phi) is 6.25. The second-order valence-electron chi connectivity index (χ2n) is 5.85. The zero-order chi connectivity index (χ0) is 18.2. The van der Waals surface area contributed by atoms with Gasteiger partial charge in [0.15, 0.2) is 0 Å². The molecule has 3 rings (SSSR count). The van der Waals surface area contributed by atoms with Gasteiger partial charge in [-0.1, -0.05) is 42.5 Å². The molecular formula is C22H23NO3. The van der Waals surface area contributed by atoms with E-state index in [1.54, 1.807) is 14.2 Å². The molecule has 0 aliphatic carbocycles. The van der Waals surface area contributed by atoms with Gasteiger partial charge in [0.05, 0.1) is 19.9 Å². The SMILES string of the molecule is CON(OC)c1ccc(CCc2ccc(Oc3ccccc3)cc2)cc1. The van der Waals surface area contributed by atoms with Gasteiger partial charge in [0.1, 0.15) is 11.5 Å². The van der Waals surface area contributed by atoms with E-state index in [0.717, 1.165) is 30.0 Å². The highest BCUT2D eigenvalue weighted by Crippen LogP contribution is 2.22. The monoisotopic (exact) mass is 349 g/mol. The number of nitrogens with zero attached hydrogens (tertiary/aromatic N) is 1. The molecule has 0 unspecified atom stereocenters. The molecule has 0 fully saturated rings. The Morgan fingerprint density at radius 1 is 0.615 bits per heavy atom. The normalized spacial score (nSPS) is 10.5. The van der Waals surface area contributed by atoms with Crippen LogP contribution in [0.3, 0.4) is 0 Å². The van der Waals surface area contributed by atoms with Crippen molar-refractivity contribution in [3.63, 3.8) is 0 Å². The number of aryl methyl sites for hydroxylation is 2. The first-order valence-corrected chi connectivity index (χ1v) is 8.57. The van der Waals surface area contributed by atoms with Crippen molar-refractivity contribution in [2.75, 3.05) is 19.4 Å². The number of rotatable bonds is 8. The summed E-state index contributed by atoms with van der Waals surface area (Å²) >= 11 is 0. The third-order valence-corrected chi connectivity index (χ3v) is 4.08. The second kappa shape index (κ2) is 9.04. The van der Waals surface area contributed by atoms with Gasteiger partial charge < -0.3 is 4.74 Å². The van der Waals surface area contributed by atoms with Crippen LogP contribution in [0.25, 0.3) is 0 Å². The molecule has 0 spiro atoms. The molecule has 0 amide bonds. The maximum absolute atomic E-state index is 5.82. The summed E-state index contributed by atoms with van der Waals surface area (Å²) in [5.41, 5.74) is 3.41. The van der Waals surface area contributed by atoms with Crippen LogP contribution in [0.4, 0.5) is 5.69 Å². The van der Waals surface area contributed by atoms with Crippen molar-refractivity contribution in [1.82, 2.24) is 0 Å². The van der Waals surface area contributed by atoms with Crippen LogP contribution in [0, 0.1) is 0 Å². The zero-order valence-corrected chi connectivity index (χ0v) is 15.1. The molecule has 4 nitrogen and oxygen atoms in total. The van der Waals surface area contributed by atoms with Crippen LogP contribution in [0.1, 0.15) is 11.1 Å². The van der Waals surface area contributed by atoms with E-state index < -0.39 is 0 Å². The van der Waals surface area contributed by atoms with E-state index in [9.17, 15) is 0 Å². The fourth-order valence-electron chi connectivity index (χ4n) is 2.71. The molecule has 3 aromatic rings. The molecule has 0 saturated carbocycles. The van der Waals surface area contributed by atoms with Crippen molar-refractivity contribution in [2.45, 2.75) is 12.8 Å². The number of ether oxygens (including phenoxy) is 1. The number of para-hydroxylation sites is 1. The molecule has 0 saturated heterocycles. The molecule has 0 radical (unpaired) electrons. The molecule has 0 aliphatic rings. The van der Waals surface area contributed by atoms with Gasteiger partial charge in [-0.25, -0.2) is 0 Å². The summed E-state index contributed by atoms with van der Waals surface area (Å²) in [6.07, 6.45) is 1.95. The van der Waals surface area contributed by atoms with Crippen molar-refractivity contribution in [3.05, 3.63) is 90.0 Å². The Labute approximate surface area is 154 Å².